The molecule has 1 aromatic carbocycles. The second-order valence-corrected chi connectivity index (χ2v) is 5.03. The number of anilines is 1. The lowest BCUT2D eigenvalue weighted by Crippen LogP contribution is -2.25. The number of halogens is 1. The fraction of sp³-hybridized carbons (Fsp3) is 0.429. The summed E-state index contributed by atoms with van der Waals surface area (Å²) in [6, 6.07) is 5.20. The number of carbonyl (C=O) groups is 2. The third-order valence-electron chi connectivity index (χ3n) is 3.33. The van der Waals surface area contributed by atoms with E-state index in [4.69, 9.17) is 11.6 Å². The molecule has 1 atom stereocenters. The highest BCUT2D eigenvalue weighted by atomic mass is 35.5. The molecule has 1 amide bonds. The first kappa shape index (κ1) is 13.9. The Balaban J connectivity index is 2.27. The van der Waals surface area contributed by atoms with E-state index in [9.17, 15) is 9.59 Å². The summed E-state index contributed by atoms with van der Waals surface area (Å²) in [4.78, 5) is 25.1. The average Bonchev–Trinajstić information content (AvgIpc) is 2.79. The van der Waals surface area contributed by atoms with Gasteiger partial charge < -0.3 is 9.64 Å². The number of hydrogen-bond acceptors (Lipinski definition) is 3. The molecule has 0 aliphatic carbocycles. The number of nitrogens with zero attached hydrogens (tertiary/aromatic N) is 1. The van der Waals surface area contributed by atoms with Gasteiger partial charge in [-0.3, -0.25) is 4.79 Å². The molecule has 1 unspecified atom stereocenters. The van der Waals surface area contributed by atoms with E-state index >= 15 is 0 Å². The van der Waals surface area contributed by atoms with Crippen molar-refractivity contribution in [3.8, 4) is 0 Å². The molecular weight excluding hydrogens is 266 g/mol. The first-order valence-electron chi connectivity index (χ1n) is 6.12. The van der Waals surface area contributed by atoms with Crippen molar-refractivity contribution in [1.29, 1.82) is 0 Å². The van der Waals surface area contributed by atoms with Gasteiger partial charge in [0.15, 0.2) is 0 Å². The smallest absolute Gasteiger partial charge is 0.337 e. The van der Waals surface area contributed by atoms with Crippen LogP contribution in [0.3, 0.4) is 0 Å². The van der Waals surface area contributed by atoms with E-state index in [1.165, 1.54) is 7.11 Å². The zero-order valence-corrected chi connectivity index (χ0v) is 11.7. The van der Waals surface area contributed by atoms with Gasteiger partial charge in [-0.25, -0.2) is 4.79 Å². The molecule has 0 spiro atoms. The number of aryl methyl sites for hydroxylation is 1. The summed E-state index contributed by atoms with van der Waals surface area (Å²) in [5.41, 5.74) is 2.21. The number of hydrogen-bond donors (Lipinski definition) is 0. The number of rotatable bonds is 3. The van der Waals surface area contributed by atoms with Crippen LogP contribution in [0, 0.1) is 12.8 Å². The third-order valence-corrected chi connectivity index (χ3v) is 3.77. The molecule has 2 rings (SSSR count). The number of esters is 1. The molecule has 0 aromatic heterocycles. The lowest BCUT2D eigenvalue weighted by Gasteiger charge is -2.19. The topological polar surface area (TPSA) is 46.6 Å². The van der Waals surface area contributed by atoms with Crippen LogP contribution in [-0.4, -0.2) is 31.4 Å². The highest BCUT2D eigenvalue weighted by Crippen LogP contribution is 2.29. The normalized spacial score (nSPS) is 18.8. The van der Waals surface area contributed by atoms with Crippen LogP contribution in [0.4, 0.5) is 5.69 Å². The fourth-order valence-corrected chi connectivity index (χ4v) is 2.53. The standard InChI is InChI=1S/C14H16ClNO3/c1-9-5-11(14(18)19-2)3-4-12(9)16-8-10(7-15)6-13(16)17/h3-5,10H,6-8H2,1-2H3. The SMILES string of the molecule is COC(=O)c1ccc(N2CC(CCl)CC2=O)c(C)c1. The maximum Gasteiger partial charge on any atom is 0.337 e. The maximum atomic E-state index is 11.9. The highest BCUT2D eigenvalue weighted by Gasteiger charge is 2.30. The van der Waals surface area contributed by atoms with Crippen LogP contribution in [0.2, 0.25) is 0 Å². The van der Waals surface area contributed by atoms with Crippen molar-refractivity contribution in [1.82, 2.24) is 0 Å². The van der Waals surface area contributed by atoms with Gasteiger partial charge in [0.05, 0.1) is 12.7 Å². The van der Waals surface area contributed by atoms with E-state index in [0.29, 0.717) is 24.4 Å². The predicted molar refractivity (Wildman–Crippen MR) is 73.7 cm³/mol. The highest BCUT2D eigenvalue weighted by molar-refractivity contribution is 6.18. The van der Waals surface area contributed by atoms with Gasteiger partial charge in [0.1, 0.15) is 0 Å². The van der Waals surface area contributed by atoms with Crippen LogP contribution in [0.25, 0.3) is 0 Å². The average molecular weight is 282 g/mol. The number of ether oxygens (including phenoxy) is 1. The van der Waals surface area contributed by atoms with Gasteiger partial charge in [-0.15, -0.1) is 11.6 Å². The summed E-state index contributed by atoms with van der Waals surface area (Å²) in [6.45, 7) is 2.52. The molecule has 0 N–H and O–H groups in total. The van der Waals surface area contributed by atoms with Gasteiger partial charge in [-0.2, -0.15) is 0 Å². The number of carbonyl (C=O) groups excluding carboxylic acids is 2. The van der Waals surface area contributed by atoms with Crippen molar-refractivity contribution in [2.45, 2.75) is 13.3 Å². The van der Waals surface area contributed by atoms with Crippen LogP contribution < -0.4 is 4.90 Å². The minimum atomic E-state index is -0.374. The second kappa shape index (κ2) is 5.61. The molecule has 1 aliphatic heterocycles. The number of methoxy groups -OCH3 is 1. The summed E-state index contributed by atoms with van der Waals surface area (Å²) >= 11 is 5.81. The Hall–Kier alpha value is -1.55. The molecule has 4 nitrogen and oxygen atoms in total. The Morgan fingerprint density at radius 2 is 2.26 bits per heavy atom. The Kier molecular flexibility index (Phi) is 4.10. The molecule has 102 valence electrons. The zero-order valence-electron chi connectivity index (χ0n) is 11.0. The summed E-state index contributed by atoms with van der Waals surface area (Å²) < 4.78 is 4.68. The monoisotopic (exact) mass is 281 g/mol. The summed E-state index contributed by atoms with van der Waals surface area (Å²) in [6.07, 6.45) is 0.488. The molecule has 19 heavy (non-hydrogen) atoms. The number of amides is 1. The van der Waals surface area contributed by atoms with Crippen LogP contribution in [0.15, 0.2) is 18.2 Å². The van der Waals surface area contributed by atoms with Crippen LogP contribution in [0.5, 0.6) is 0 Å². The maximum absolute atomic E-state index is 11.9. The molecule has 1 saturated heterocycles. The van der Waals surface area contributed by atoms with Gasteiger partial charge in [0.2, 0.25) is 5.91 Å². The lowest BCUT2D eigenvalue weighted by atomic mass is 10.1. The zero-order chi connectivity index (χ0) is 14.0. The van der Waals surface area contributed by atoms with Crippen molar-refractivity contribution in [3.63, 3.8) is 0 Å². The molecule has 1 fully saturated rings. The Morgan fingerprint density at radius 1 is 1.53 bits per heavy atom. The predicted octanol–water partition coefficient (Wildman–Crippen LogP) is 2.37. The third kappa shape index (κ3) is 2.73. The molecule has 0 saturated carbocycles. The van der Waals surface area contributed by atoms with E-state index in [1.54, 1.807) is 23.1 Å². The van der Waals surface area contributed by atoms with Gasteiger partial charge in [-0.05, 0) is 36.6 Å². The van der Waals surface area contributed by atoms with Gasteiger partial charge in [0.25, 0.3) is 0 Å². The van der Waals surface area contributed by atoms with E-state index in [1.807, 2.05) is 6.92 Å². The largest absolute Gasteiger partial charge is 0.465 e. The first-order chi connectivity index (χ1) is 9.06. The van der Waals surface area contributed by atoms with Crippen LogP contribution in [0.1, 0.15) is 22.3 Å². The minimum absolute atomic E-state index is 0.0829. The van der Waals surface area contributed by atoms with E-state index < -0.39 is 0 Å². The van der Waals surface area contributed by atoms with Crippen molar-refractivity contribution >= 4 is 29.2 Å². The van der Waals surface area contributed by atoms with Crippen molar-refractivity contribution in [2.24, 2.45) is 5.92 Å². The summed E-state index contributed by atoms with van der Waals surface area (Å²) in [5.74, 6) is 0.399. The molecule has 1 aromatic rings. The lowest BCUT2D eigenvalue weighted by molar-refractivity contribution is -0.117. The van der Waals surface area contributed by atoms with E-state index in [0.717, 1.165) is 11.3 Å². The fourth-order valence-electron chi connectivity index (χ4n) is 2.32. The Bertz CT molecular complexity index is 515. The second-order valence-electron chi connectivity index (χ2n) is 4.72. The van der Waals surface area contributed by atoms with Gasteiger partial charge >= 0.3 is 5.97 Å². The van der Waals surface area contributed by atoms with Crippen molar-refractivity contribution < 1.29 is 14.3 Å². The molecule has 1 heterocycles. The Morgan fingerprint density at radius 3 is 2.79 bits per heavy atom. The molecule has 0 bridgehead atoms. The Labute approximate surface area is 117 Å². The van der Waals surface area contributed by atoms with Gasteiger partial charge in [0, 0.05) is 24.5 Å². The minimum Gasteiger partial charge on any atom is -0.465 e. The summed E-state index contributed by atoms with van der Waals surface area (Å²) in [5, 5.41) is 0. The van der Waals surface area contributed by atoms with E-state index in [-0.39, 0.29) is 17.8 Å². The summed E-state index contributed by atoms with van der Waals surface area (Å²) in [7, 11) is 1.35. The molecule has 1 aliphatic rings. The van der Waals surface area contributed by atoms with Crippen LogP contribution >= 0.6 is 11.6 Å². The molecular formula is C14H16ClNO3. The molecule has 5 heteroatoms. The quantitative estimate of drug-likeness (QED) is 0.631. The van der Waals surface area contributed by atoms with Gasteiger partial charge in [-0.1, -0.05) is 0 Å². The van der Waals surface area contributed by atoms with E-state index in [2.05, 4.69) is 4.74 Å². The molecule has 0 radical (unpaired) electrons. The van der Waals surface area contributed by atoms with Crippen molar-refractivity contribution in [3.05, 3.63) is 29.3 Å². The van der Waals surface area contributed by atoms with Crippen LogP contribution in [-0.2, 0) is 9.53 Å². The van der Waals surface area contributed by atoms with Crippen molar-refractivity contribution in [2.75, 3.05) is 24.4 Å². The first-order valence-corrected chi connectivity index (χ1v) is 6.65. The number of benzene rings is 1. The number of alkyl halides is 1.